The number of halogens is 1. The Hall–Kier alpha value is -0.0500. The van der Waals surface area contributed by atoms with Crippen LogP contribution in [0.5, 0.6) is 0 Å². The van der Waals surface area contributed by atoms with Crippen molar-refractivity contribution in [3.8, 4) is 0 Å². The van der Waals surface area contributed by atoms with Crippen molar-refractivity contribution in [2.75, 3.05) is 0 Å². The Morgan fingerprint density at radius 3 is 2.50 bits per heavy atom. The number of hydrogen-bond acceptors (Lipinski definition) is 1. The third-order valence-corrected chi connectivity index (χ3v) is 6.59. The summed E-state index contributed by atoms with van der Waals surface area (Å²) in [7, 11) is 0. The molecule has 0 aromatic heterocycles. The number of rotatable bonds is 2. The van der Waals surface area contributed by atoms with Crippen molar-refractivity contribution < 1.29 is 4.79 Å². The molecule has 1 amide bonds. The topological polar surface area (TPSA) is 29.1 Å². The standard InChI is InChI=1S/C15H24BrNO/c1-10(2)13-4-12-5-14(16,7-13)9-15(6-12,8-13)17-11(3)18/h10,12H,4-9H2,1-3H3,(H,17,18)/t12-,13-,14+,15-/m0/s1. The normalized spacial score (nSPS) is 49.7. The molecule has 1 N–H and O–H groups in total. The van der Waals surface area contributed by atoms with Gasteiger partial charge in [-0.25, -0.2) is 0 Å². The fraction of sp³-hybridized carbons (Fsp3) is 0.933. The molecule has 4 aliphatic rings. The summed E-state index contributed by atoms with van der Waals surface area (Å²) in [6.07, 6.45) is 7.51. The van der Waals surface area contributed by atoms with Gasteiger partial charge in [-0.3, -0.25) is 4.79 Å². The molecule has 4 atom stereocenters. The molecule has 0 aromatic rings. The zero-order valence-corrected chi connectivity index (χ0v) is 13.3. The molecule has 18 heavy (non-hydrogen) atoms. The number of alkyl halides is 1. The lowest BCUT2D eigenvalue weighted by Crippen LogP contribution is -2.67. The predicted octanol–water partition coefficient (Wildman–Crippen LogP) is 3.64. The van der Waals surface area contributed by atoms with Crippen molar-refractivity contribution in [1.82, 2.24) is 5.32 Å². The van der Waals surface area contributed by atoms with Crippen molar-refractivity contribution in [3.63, 3.8) is 0 Å². The summed E-state index contributed by atoms with van der Waals surface area (Å²) >= 11 is 4.03. The summed E-state index contributed by atoms with van der Waals surface area (Å²) in [6.45, 7) is 6.40. The summed E-state index contributed by atoms with van der Waals surface area (Å²) in [5.41, 5.74) is 0.532. The fourth-order valence-corrected chi connectivity index (χ4v) is 7.10. The summed E-state index contributed by atoms with van der Waals surface area (Å²) in [5.74, 6) is 1.66. The van der Waals surface area contributed by atoms with E-state index in [1.54, 1.807) is 6.92 Å². The van der Waals surface area contributed by atoms with Crippen LogP contribution in [0.1, 0.15) is 59.3 Å². The van der Waals surface area contributed by atoms with Gasteiger partial charge in [0.05, 0.1) is 0 Å². The average molecular weight is 314 g/mol. The van der Waals surface area contributed by atoms with Gasteiger partial charge >= 0.3 is 0 Å². The number of nitrogens with one attached hydrogen (secondary N) is 1. The highest BCUT2D eigenvalue weighted by Crippen LogP contribution is 2.67. The van der Waals surface area contributed by atoms with Crippen LogP contribution < -0.4 is 5.32 Å². The second kappa shape index (κ2) is 3.74. The summed E-state index contributed by atoms with van der Waals surface area (Å²) in [6, 6.07) is 0. The lowest BCUT2D eigenvalue weighted by atomic mass is 9.44. The van der Waals surface area contributed by atoms with Gasteiger partial charge in [0.1, 0.15) is 0 Å². The van der Waals surface area contributed by atoms with Crippen LogP contribution in [-0.2, 0) is 4.79 Å². The van der Waals surface area contributed by atoms with Crippen LogP contribution in [-0.4, -0.2) is 15.8 Å². The quantitative estimate of drug-likeness (QED) is 0.775. The molecule has 3 heteroatoms. The predicted molar refractivity (Wildman–Crippen MR) is 76.7 cm³/mol. The first-order chi connectivity index (χ1) is 8.27. The van der Waals surface area contributed by atoms with Gasteiger partial charge in [-0.15, -0.1) is 0 Å². The molecule has 0 aromatic carbocycles. The van der Waals surface area contributed by atoms with E-state index in [2.05, 4.69) is 35.1 Å². The Balaban J connectivity index is 1.98. The number of carbonyl (C=O) groups excluding carboxylic acids is 1. The van der Waals surface area contributed by atoms with Crippen LogP contribution in [0.15, 0.2) is 0 Å². The lowest BCUT2D eigenvalue weighted by molar-refractivity contribution is -0.130. The van der Waals surface area contributed by atoms with Crippen molar-refractivity contribution in [1.29, 1.82) is 0 Å². The smallest absolute Gasteiger partial charge is 0.217 e. The zero-order valence-electron chi connectivity index (χ0n) is 11.7. The Bertz CT molecular complexity index is 396. The minimum Gasteiger partial charge on any atom is -0.351 e. The van der Waals surface area contributed by atoms with E-state index in [0.29, 0.717) is 15.7 Å². The molecule has 0 spiro atoms. The summed E-state index contributed by atoms with van der Waals surface area (Å²) < 4.78 is 0.291. The van der Waals surface area contributed by atoms with Gasteiger partial charge < -0.3 is 5.32 Å². The molecule has 4 rings (SSSR count). The van der Waals surface area contributed by atoms with Crippen molar-refractivity contribution in [3.05, 3.63) is 0 Å². The lowest BCUT2D eigenvalue weighted by Gasteiger charge is -2.66. The van der Waals surface area contributed by atoms with Gasteiger partial charge in [-0.2, -0.15) is 0 Å². The molecule has 102 valence electrons. The van der Waals surface area contributed by atoms with E-state index in [4.69, 9.17) is 0 Å². The largest absolute Gasteiger partial charge is 0.351 e. The summed E-state index contributed by atoms with van der Waals surface area (Å²) in [4.78, 5) is 11.6. The molecular formula is C15H24BrNO. The van der Waals surface area contributed by atoms with Gasteiger partial charge in [-0.05, 0) is 55.8 Å². The Morgan fingerprint density at radius 1 is 1.22 bits per heavy atom. The first-order valence-corrected chi connectivity index (χ1v) is 8.04. The molecule has 2 nitrogen and oxygen atoms in total. The van der Waals surface area contributed by atoms with E-state index in [-0.39, 0.29) is 11.4 Å². The maximum atomic E-state index is 11.6. The molecule has 0 heterocycles. The van der Waals surface area contributed by atoms with Crippen LogP contribution in [0.4, 0.5) is 0 Å². The van der Waals surface area contributed by atoms with Gasteiger partial charge in [-0.1, -0.05) is 29.8 Å². The van der Waals surface area contributed by atoms with E-state index in [1.807, 2.05) is 0 Å². The van der Waals surface area contributed by atoms with E-state index in [1.165, 1.54) is 32.1 Å². The first-order valence-electron chi connectivity index (χ1n) is 7.24. The van der Waals surface area contributed by atoms with E-state index in [9.17, 15) is 4.79 Å². The SMILES string of the molecule is CC(=O)N[C@]12C[C@@H]3C[C@](Br)(C1)C[C@@](C(C)C)(C3)C2. The van der Waals surface area contributed by atoms with Crippen LogP contribution >= 0.6 is 15.9 Å². The maximum Gasteiger partial charge on any atom is 0.217 e. The van der Waals surface area contributed by atoms with Crippen molar-refractivity contribution in [2.24, 2.45) is 17.3 Å². The van der Waals surface area contributed by atoms with Gasteiger partial charge in [0.2, 0.25) is 5.91 Å². The number of hydrogen-bond donors (Lipinski definition) is 1. The molecule has 0 radical (unpaired) electrons. The highest BCUT2D eigenvalue weighted by atomic mass is 79.9. The first kappa shape index (κ1) is 13.0. The average Bonchev–Trinajstić information content (AvgIpc) is 2.09. The van der Waals surface area contributed by atoms with Crippen LogP contribution in [0.25, 0.3) is 0 Å². The molecule has 4 aliphatic carbocycles. The van der Waals surface area contributed by atoms with Gasteiger partial charge in [0.25, 0.3) is 0 Å². The fourth-order valence-electron chi connectivity index (χ4n) is 5.55. The molecule has 0 unspecified atom stereocenters. The molecule has 4 saturated carbocycles. The van der Waals surface area contributed by atoms with Crippen LogP contribution in [0.3, 0.4) is 0 Å². The van der Waals surface area contributed by atoms with E-state index >= 15 is 0 Å². The number of amides is 1. The molecule has 4 fully saturated rings. The molecule has 0 aliphatic heterocycles. The number of carbonyl (C=O) groups is 1. The zero-order chi connectivity index (χ0) is 13.2. The Morgan fingerprint density at radius 2 is 1.94 bits per heavy atom. The van der Waals surface area contributed by atoms with Gasteiger partial charge in [0, 0.05) is 16.8 Å². The third kappa shape index (κ3) is 1.85. The third-order valence-electron chi connectivity index (χ3n) is 5.71. The highest BCUT2D eigenvalue weighted by Gasteiger charge is 2.63. The summed E-state index contributed by atoms with van der Waals surface area (Å²) in [5, 5.41) is 3.32. The Kier molecular flexibility index (Phi) is 2.69. The minimum absolute atomic E-state index is 0.0824. The van der Waals surface area contributed by atoms with Crippen LogP contribution in [0.2, 0.25) is 0 Å². The van der Waals surface area contributed by atoms with Crippen molar-refractivity contribution >= 4 is 21.8 Å². The van der Waals surface area contributed by atoms with Gasteiger partial charge in [0.15, 0.2) is 0 Å². The maximum absolute atomic E-state index is 11.6. The minimum atomic E-state index is 0.0824. The molecule has 4 bridgehead atoms. The monoisotopic (exact) mass is 313 g/mol. The van der Waals surface area contributed by atoms with Crippen LogP contribution in [0, 0.1) is 17.3 Å². The second-order valence-electron chi connectivity index (χ2n) is 7.64. The molecular weight excluding hydrogens is 290 g/mol. The highest BCUT2D eigenvalue weighted by molar-refractivity contribution is 9.10. The van der Waals surface area contributed by atoms with E-state index < -0.39 is 0 Å². The van der Waals surface area contributed by atoms with Crippen molar-refractivity contribution in [2.45, 2.75) is 69.2 Å². The van der Waals surface area contributed by atoms with E-state index in [0.717, 1.165) is 12.3 Å². The Labute approximate surface area is 118 Å². The molecule has 0 saturated heterocycles. The second-order valence-corrected chi connectivity index (χ2v) is 9.32.